The third-order valence-electron chi connectivity index (χ3n) is 3.05. The highest BCUT2D eigenvalue weighted by Gasteiger charge is 2.16. The van der Waals surface area contributed by atoms with E-state index in [1.807, 2.05) is 0 Å². The number of nitrogens with one attached hydrogen (secondary N) is 1. The number of amides is 1. The molecule has 0 aliphatic heterocycles. The average molecular weight is 382 g/mol. The quantitative estimate of drug-likeness (QED) is 0.535. The Bertz CT molecular complexity index is 933. The van der Waals surface area contributed by atoms with Gasteiger partial charge in [0, 0.05) is 11.3 Å². The molecule has 1 aromatic carbocycles. The number of anilines is 1. The van der Waals surface area contributed by atoms with E-state index in [1.54, 1.807) is 18.2 Å². The minimum atomic E-state index is -0.703. The molecule has 0 aliphatic carbocycles. The highest BCUT2D eigenvalue weighted by molar-refractivity contribution is 6.39. The Morgan fingerprint density at radius 1 is 1.20 bits per heavy atom. The number of nitro groups is 1. The molecule has 2 aromatic heterocycles. The topological polar surface area (TPSA) is 121 Å². The second-order valence-corrected chi connectivity index (χ2v) is 5.59. The second kappa shape index (κ2) is 6.87. The van der Waals surface area contributed by atoms with Gasteiger partial charge >= 0.3 is 5.95 Å². The first kappa shape index (κ1) is 16.9. The zero-order valence-corrected chi connectivity index (χ0v) is 13.8. The van der Waals surface area contributed by atoms with Crippen LogP contribution in [-0.4, -0.2) is 35.4 Å². The van der Waals surface area contributed by atoms with E-state index in [1.165, 1.54) is 28.0 Å². The maximum atomic E-state index is 12.2. The van der Waals surface area contributed by atoms with E-state index in [-0.39, 0.29) is 18.1 Å². The Morgan fingerprint density at radius 3 is 2.56 bits per heavy atom. The smallest absolute Gasteiger partial charge is 0.390 e. The molecular formula is C13H9Cl2N7O3. The number of hydrogen-bond acceptors (Lipinski definition) is 6. The van der Waals surface area contributed by atoms with Crippen molar-refractivity contribution in [3.8, 4) is 0 Å². The van der Waals surface area contributed by atoms with Gasteiger partial charge in [0.25, 0.3) is 5.91 Å². The first-order valence-electron chi connectivity index (χ1n) is 6.76. The van der Waals surface area contributed by atoms with Crippen molar-refractivity contribution in [3.05, 3.63) is 62.6 Å². The molecule has 1 N–H and O–H groups in total. The summed E-state index contributed by atoms with van der Waals surface area (Å²) >= 11 is 12.0. The summed E-state index contributed by atoms with van der Waals surface area (Å²) in [4.78, 5) is 25.6. The van der Waals surface area contributed by atoms with E-state index in [0.29, 0.717) is 10.0 Å². The molecule has 2 heterocycles. The van der Waals surface area contributed by atoms with Gasteiger partial charge in [-0.1, -0.05) is 34.3 Å². The minimum Gasteiger partial charge on any atom is -0.390 e. The van der Waals surface area contributed by atoms with Gasteiger partial charge < -0.3 is 15.4 Å². The predicted molar refractivity (Wildman–Crippen MR) is 88.7 cm³/mol. The highest BCUT2D eigenvalue weighted by atomic mass is 35.5. The zero-order valence-electron chi connectivity index (χ0n) is 12.3. The van der Waals surface area contributed by atoms with Gasteiger partial charge in [-0.25, -0.2) is 4.68 Å². The number of benzene rings is 1. The summed E-state index contributed by atoms with van der Waals surface area (Å²) in [6, 6.07) is 6.33. The molecule has 0 fully saturated rings. The fourth-order valence-electron chi connectivity index (χ4n) is 1.94. The van der Waals surface area contributed by atoms with Gasteiger partial charge in [-0.15, -0.1) is 0 Å². The summed E-state index contributed by atoms with van der Waals surface area (Å²) in [5.41, 5.74) is 0.405. The van der Waals surface area contributed by atoms with Gasteiger partial charge in [0.15, 0.2) is 12.4 Å². The number of rotatable bonds is 5. The lowest BCUT2D eigenvalue weighted by molar-refractivity contribution is -0.394. The van der Waals surface area contributed by atoms with Crippen molar-refractivity contribution in [3.63, 3.8) is 0 Å². The maximum absolute atomic E-state index is 12.2. The lowest BCUT2D eigenvalue weighted by atomic mass is 10.3. The molecule has 3 aromatic rings. The number of para-hydroxylation sites is 1. The van der Waals surface area contributed by atoms with Gasteiger partial charge in [0.2, 0.25) is 6.33 Å². The Balaban J connectivity index is 1.72. The standard InChI is InChI=1S/C13H9Cl2N7O3/c14-8-2-1-3-9(15)11(8)17-12(23)10-4-5-20(18-10)7-21-6-16-13(19-21)22(24)25/h1-6H,7H2,(H,17,23). The number of hydrogen-bond donors (Lipinski definition) is 1. The van der Waals surface area contributed by atoms with Crippen LogP contribution < -0.4 is 5.32 Å². The Hall–Kier alpha value is -2.98. The molecule has 0 spiro atoms. The molecule has 0 radical (unpaired) electrons. The SMILES string of the molecule is O=C(Nc1c(Cl)cccc1Cl)c1ccn(Cn2cnc([N+](=O)[O-])n2)n1. The molecule has 12 heteroatoms. The van der Waals surface area contributed by atoms with Crippen molar-refractivity contribution >= 4 is 40.7 Å². The van der Waals surface area contributed by atoms with E-state index in [4.69, 9.17) is 23.2 Å². The second-order valence-electron chi connectivity index (χ2n) is 4.77. The van der Waals surface area contributed by atoms with Crippen molar-refractivity contribution in [2.45, 2.75) is 6.67 Å². The maximum Gasteiger partial charge on any atom is 0.491 e. The van der Waals surface area contributed by atoms with E-state index < -0.39 is 16.8 Å². The van der Waals surface area contributed by atoms with Crippen molar-refractivity contribution in [1.82, 2.24) is 24.5 Å². The van der Waals surface area contributed by atoms with Crippen LogP contribution in [0.1, 0.15) is 10.5 Å². The van der Waals surface area contributed by atoms with Crippen molar-refractivity contribution < 1.29 is 9.72 Å². The molecule has 10 nitrogen and oxygen atoms in total. The van der Waals surface area contributed by atoms with Crippen LogP contribution in [0, 0.1) is 10.1 Å². The molecule has 0 bridgehead atoms. The first-order chi connectivity index (χ1) is 11.9. The Morgan fingerprint density at radius 2 is 1.92 bits per heavy atom. The van der Waals surface area contributed by atoms with Crippen LogP contribution in [0.5, 0.6) is 0 Å². The molecule has 0 aliphatic rings. The van der Waals surface area contributed by atoms with Crippen LogP contribution in [0.15, 0.2) is 36.8 Å². The Kier molecular flexibility index (Phi) is 4.63. The molecule has 25 heavy (non-hydrogen) atoms. The summed E-state index contributed by atoms with van der Waals surface area (Å²) in [7, 11) is 0. The first-order valence-corrected chi connectivity index (χ1v) is 7.52. The van der Waals surface area contributed by atoms with Crippen molar-refractivity contribution in [2.24, 2.45) is 0 Å². The normalized spacial score (nSPS) is 10.6. The number of nitrogens with zero attached hydrogens (tertiary/aromatic N) is 6. The average Bonchev–Trinajstić information content (AvgIpc) is 3.21. The van der Waals surface area contributed by atoms with E-state index in [0.717, 1.165) is 0 Å². The van der Waals surface area contributed by atoms with Crippen molar-refractivity contribution in [1.29, 1.82) is 0 Å². The van der Waals surface area contributed by atoms with Gasteiger partial charge in [0.1, 0.15) is 0 Å². The van der Waals surface area contributed by atoms with Crippen LogP contribution in [0.25, 0.3) is 0 Å². The predicted octanol–water partition coefficient (Wildman–Crippen LogP) is 2.45. The molecule has 0 saturated heterocycles. The number of carbonyl (C=O) groups excluding carboxylic acids is 1. The highest BCUT2D eigenvalue weighted by Crippen LogP contribution is 2.30. The van der Waals surface area contributed by atoms with Gasteiger partial charge in [-0.3, -0.25) is 4.79 Å². The van der Waals surface area contributed by atoms with Crippen LogP contribution in [0.3, 0.4) is 0 Å². The summed E-state index contributed by atoms with van der Waals surface area (Å²) < 4.78 is 2.60. The fraction of sp³-hybridized carbons (Fsp3) is 0.0769. The lowest BCUT2D eigenvalue weighted by Crippen LogP contribution is -2.15. The van der Waals surface area contributed by atoms with Crippen molar-refractivity contribution in [2.75, 3.05) is 5.32 Å². The summed E-state index contributed by atoms with van der Waals surface area (Å²) in [5, 5.41) is 21.5. The molecule has 0 saturated carbocycles. The monoisotopic (exact) mass is 381 g/mol. The Labute approximate surface area is 150 Å². The largest absolute Gasteiger partial charge is 0.491 e. The molecule has 0 unspecified atom stereocenters. The zero-order chi connectivity index (χ0) is 18.0. The van der Waals surface area contributed by atoms with Crippen LogP contribution >= 0.6 is 23.2 Å². The summed E-state index contributed by atoms with van der Waals surface area (Å²) in [6.45, 7) is 0.0565. The third-order valence-corrected chi connectivity index (χ3v) is 3.68. The lowest BCUT2D eigenvalue weighted by Gasteiger charge is -2.07. The number of halogens is 2. The van der Waals surface area contributed by atoms with E-state index in [2.05, 4.69) is 20.5 Å². The molecular weight excluding hydrogens is 373 g/mol. The van der Waals surface area contributed by atoms with Crippen LogP contribution in [0.2, 0.25) is 10.0 Å². The van der Waals surface area contributed by atoms with Crippen LogP contribution in [-0.2, 0) is 6.67 Å². The summed E-state index contributed by atoms with van der Waals surface area (Å²) in [5.74, 6) is -1.02. The molecule has 128 valence electrons. The summed E-state index contributed by atoms with van der Waals surface area (Å²) in [6.07, 6.45) is 2.72. The van der Waals surface area contributed by atoms with E-state index >= 15 is 0 Å². The minimum absolute atomic E-state index is 0.0565. The van der Waals surface area contributed by atoms with E-state index in [9.17, 15) is 14.9 Å². The third kappa shape index (κ3) is 3.75. The number of aromatic nitrogens is 5. The van der Waals surface area contributed by atoms with Gasteiger partial charge in [-0.05, 0) is 23.1 Å². The fourth-order valence-corrected chi connectivity index (χ4v) is 2.43. The van der Waals surface area contributed by atoms with Crippen LogP contribution in [0.4, 0.5) is 11.6 Å². The molecule has 1 amide bonds. The van der Waals surface area contributed by atoms with Gasteiger partial charge in [-0.2, -0.15) is 9.78 Å². The molecule has 0 atom stereocenters. The number of carbonyl (C=O) groups is 1. The van der Waals surface area contributed by atoms with Gasteiger partial charge in [0.05, 0.1) is 15.7 Å². The molecule has 3 rings (SSSR count).